The van der Waals surface area contributed by atoms with E-state index in [1.165, 1.54) is 0 Å². The SMILES string of the molecule is N#CC(CCCc1ccc(C(=O)N[C@@H](CCC(=O)O)C(=O)O)cc1)c1c[nH]c2nc(N)nc(N)c12. The number of carboxylic acid groups (broad SMARTS) is 2. The molecule has 3 rings (SSSR count). The number of rotatable bonds is 11. The van der Waals surface area contributed by atoms with E-state index in [9.17, 15) is 24.8 Å². The number of nitrogens with zero attached hydrogens (tertiary/aromatic N) is 3. The van der Waals surface area contributed by atoms with Crippen LogP contribution in [0.2, 0.25) is 0 Å². The minimum absolute atomic E-state index is 0.0489. The molecule has 182 valence electrons. The van der Waals surface area contributed by atoms with Gasteiger partial charge in [0.2, 0.25) is 5.95 Å². The summed E-state index contributed by atoms with van der Waals surface area (Å²) in [5, 5.41) is 30.5. The molecule has 3 aromatic rings. The minimum Gasteiger partial charge on any atom is -0.481 e. The van der Waals surface area contributed by atoms with Crippen molar-refractivity contribution >= 4 is 40.6 Å². The summed E-state index contributed by atoms with van der Waals surface area (Å²) in [6.45, 7) is 0. The van der Waals surface area contributed by atoms with Gasteiger partial charge in [0, 0.05) is 18.2 Å². The molecule has 35 heavy (non-hydrogen) atoms. The lowest BCUT2D eigenvalue weighted by Gasteiger charge is -2.14. The summed E-state index contributed by atoms with van der Waals surface area (Å²) >= 11 is 0. The molecule has 0 radical (unpaired) electrons. The molecule has 0 aliphatic heterocycles. The summed E-state index contributed by atoms with van der Waals surface area (Å²) in [5.74, 6) is -3.20. The molecule has 0 saturated heterocycles. The molecule has 2 aromatic heterocycles. The summed E-state index contributed by atoms with van der Waals surface area (Å²) in [6, 6.07) is 7.66. The number of amides is 1. The number of carboxylic acids is 2. The van der Waals surface area contributed by atoms with E-state index in [2.05, 4.69) is 26.3 Å². The number of aromatic nitrogens is 3. The Balaban J connectivity index is 1.58. The third-order valence-electron chi connectivity index (χ3n) is 5.56. The van der Waals surface area contributed by atoms with Gasteiger partial charge in [0.1, 0.15) is 17.5 Å². The Morgan fingerprint density at radius 2 is 1.83 bits per heavy atom. The van der Waals surface area contributed by atoms with Gasteiger partial charge in [0.05, 0.1) is 17.4 Å². The van der Waals surface area contributed by atoms with E-state index < -0.39 is 29.8 Å². The van der Waals surface area contributed by atoms with Gasteiger partial charge in [0.15, 0.2) is 0 Å². The molecule has 0 bridgehead atoms. The summed E-state index contributed by atoms with van der Waals surface area (Å²) in [6.07, 6.45) is 3.00. The van der Waals surface area contributed by atoms with E-state index >= 15 is 0 Å². The Hall–Kier alpha value is -4.66. The number of anilines is 2. The van der Waals surface area contributed by atoms with E-state index in [-0.39, 0.29) is 30.2 Å². The van der Waals surface area contributed by atoms with Crippen LogP contribution >= 0.6 is 0 Å². The van der Waals surface area contributed by atoms with Crippen molar-refractivity contribution in [2.45, 2.75) is 44.1 Å². The minimum atomic E-state index is -1.30. The molecule has 1 unspecified atom stereocenters. The van der Waals surface area contributed by atoms with Crippen molar-refractivity contribution in [3.63, 3.8) is 0 Å². The fourth-order valence-electron chi connectivity index (χ4n) is 3.77. The van der Waals surface area contributed by atoms with Crippen LogP contribution in [0.4, 0.5) is 11.8 Å². The molecule has 8 N–H and O–H groups in total. The van der Waals surface area contributed by atoms with Crippen LogP contribution in [0.15, 0.2) is 30.5 Å². The number of aryl methyl sites for hydroxylation is 1. The molecular formula is C23H25N7O5. The van der Waals surface area contributed by atoms with Crippen molar-refractivity contribution in [2.75, 3.05) is 11.5 Å². The average molecular weight is 479 g/mol. The predicted octanol–water partition coefficient (Wildman–Crippen LogP) is 1.80. The van der Waals surface area contributed by atoms with Crippen LogP contribution in [0.3, 0.4) is 0 Å². The van der Waals surface area contributed by atoms with Crippen LogP contribution in [0.5, 0.6) is 0 Å². The lowest BCUT2D eigenvalue weighted by atomic mass is 9.93. The first kappa shape index (κ1) is 25.0. The average Bonchev–Trinajstić information content (AvgIpc) is 3.23. The topological polar surface area (TPSA) is 221 Å². The maximum absolute atomic E-state index is 12.4. The van der Waals surface area contributed by atoms with Gasteiger partial charge in [-0.2, -0.15) is 15.2 Å². The number of nitrogen functional groups attached to an aromatic ring is 2. The van der Waals surface area contributed by atoms with E-state index in [0.717, 1.165) is 5.56 Å². The van der Waals surface area contributed by atoms with Crippen molar-refractivity contribution in [3.05, 3.63) is 47.2 Å². The first-order chi connectivity index (χ1) is 16.7. The molecule has 2 atom stereocenters. The highest BCUT2D eigenvalue weighted by atomic mass is 16.4. The Bertz CT molecular complexity index is 1280. The highest BCUT2D eigenvalue weighted by Gasteiger charge is 2.22. The van der Waals surface area contributed by atoms with Crippen LogP contribution < -0.4 is 16.8 Å². The fourth-order valence-corrected chi connectivity index (χ4v) is 3.77. The van der Waals surface area contributed by atoms with Gasteiger partial charge in [-0.1, -0.05) is 12.1 Å². The van der Waals surface area contributed by atoms with Gasteiger partial charge in [-0.25, -0.2) is 4.79 Å². The molecule has 1 amide bonds. The summed E-state index contributed by atoms with van der Waals surface area (Å²) in [7, 11) is 0. The number of hydrogen-bond acceptors (Lipinski definition) is 8. The molecule has 1 aromatic carbocycles. The van der Waals surface area contributed by atoms with Crippen molar-refractivity contribution in [1.29, 1.82) is 5.26 Å². The first-order valence-electron chi connectivity index (χ1n) is 10.8. The van der Waals surface area contributed by atoms with E-state index in [1.54, 1.807) is 30.5 Å². The lowest BCUT2D eigenvalue weighted by Crippen LogP contribution is -2.41. The summed E-state index contributed by atoms with van der Waals surface area (Å²) < 4.78 is 0. The zero-order chi connectivity index (χ0) is 25.5. The van der Waals surface area contributed by atoms with Crippen molar-refractivity contribution in [2.24, 2.45) is 0 Å². The van der Waals surface area contributed by atoms with Crippen molar-refractivity contribution < 1.29 is 24.6 Å². The maximum Gasteiger partial charge on any atom is 0.326 e. The second-order valence-electron chi connectivity index (χ2n) is 8.00. The van der Waals surface area contributed by atoms with Gasteiger partial charge < -0.3 is 32.0 Å². The molecule has 0 fully saturated rings. The normalized spacial score (nSPS) is 12.5. The zero-order valence-electron chi connectivity index (χ0n) is 18.7. The van der Waals surface area contributed by atoms with E-state index in [1.807, 2.05) is 0 Å². The van der Waals surface area contributed by atoms with E-state index in [0.29, 0.717) is 35.9 Å². The summed E-state index contributed by atoms with van der Waals surface area (Å²) in [4.78, 5) is 45.4. The Morgan fingerprint density at radius 3 is 2.46 bits per heavy atom. The predicted molar refractivity (Wildman–Crippen MR) is 126 cm³/mol. The van der Waals surface area contributed by atoms with Crippen molar-refractivity contribution in [1.82, 2.24) is 20.3 Å². The number of aliphatic carboxylic acids is 2. The number of hydrogen-bond donors (Lipinski definition) is 6. The number of nitrogens with one attached hydrogen (secondary N) is 2. The molecular weight excluding hydrogens is 454 g/mol. The monoisotopic (exact) mass is 479 g/mol. The van der Waals surface area contributed by atoms with Crippen LogP contribution in [0, 0.1) is 11.3 Å². The Kier molecular flexibility index (Phi) is 7.83. The zero-order valence-corrected chi connectivity index (χ0v) is 18.7. The van der Waals surface area contributed by atoms with Gasteiger partial charge in [-0.05, 0) is 48.9 Å². The van der Waals surface area contributed by atoms with Crippen LogP contribution in [-0.4, -0.2) is 49.1 Å². The second kappa shape index (κ2) is 11.0. The molecule has 2 heterocycles. The number of carbonyl (C=O) groups excluding carboxylic acids is 1. The molecule has 0 aliphatic rings. The van der Waals surface area contributed by atoms with Gasteiger partial charge in [-0.3, -0.25) is 9.59 Å². The van der Waals surface area contributed by atoms with Crippen LogP contribution in [0.1, 0.15) is 53.1 Å². The first-order valence-corrected chi connectivity index (χ1v) is 10.8. The lowest BCUT2D eigenvalue weighted by molar-refractivity contribution is -0.140. The van der Waals surface area contributed by atoms with Gasteiger partial charge in [-0.15, -0.1) is 0 Å². The molecule has 0 aliphatic carbocycles. The maximum atomic E-state index is 12.4. The molecule has 12 heteroatoms. The Morgan fingerprint density at radius 1 is 1.11 bits per heavy atom. The number of aromatic amines is 1. The highest BCUT2D eigenvalue weighted by Crippen LogP contribution is 2.31. The van der Waals surface area contributed by atoms with Crippen LogP contribution in [0.25, 0.3) is 11.0 Å². The number of H-pyrrole nitrogens is 1. The standard InChI is InChI=1S/C23H25N7O5/c24-10-14(15-11-27-20-18(15)19(25)29-23(26)30-20)3-1-2-12-4-6-13(7-5-12)21(33)28-16(22(34)35)8-9-17(31)32/h4-7,11,14,16H,1-3,8-9H2,(H,28,33)(H,31,32)(H,34,35)(H5,25,26,27,29,30)/t14?,16-/m0/s1. The number of fused-ring (bicyclic) bond motifs is 1. The molecule has 0 spiro atoms. The quantitative estimate of drug-likeness (QED) is 0.234. The third kappa shape index (κ3) is 6.23. The number of nitriles is 1. The van der Waals surface area contributed by atoms with Crippen LogP contribution in [-0.2, 0) is 16.0 Å². The van der Waals surface area contributed by atoms with E-state index in [4.69, 9.17) is 16.6 Å². The van der Waals surface area contributed by atoms with Gasteiger partial charge >= 0.3 is 11.9 Å². The number of benzene rings is 1. The molecule has 0 saturated carbocycles. The smallest absolute Gasteiger partial charge is 0.326 e. The number of carbonyl (C=O) groups is 3. The largest absolute Gasteiger partial charge is 0.481 e. The summed E-state index contributed by atoms with van der Waals surface area (Å²) in [5.41, 5.74) is 14.0. The second-order valence-corrected chi connectivity index (χ2v) is 8.00. The van der Waals surface area contributed by atoms with Crippen molar-refractivity contribution in [3.8, 4) is 6.07 Å². The third-order valence-corrected chi connectivity index (χ3v) is 5.56. The number of nitrogens with two attached hydrogens (primary N) is 2. The Labute approximate surface area is 200 Å². The highest BCUT2D eigenvalue weighted by molar-refractivity contribution is 5.96. The van der Waals surface area contributed by atoms with Gasteiger partial charge in [0.25, 0.3) is 5.91 Å². The fraction of sp³-hybridized carbons (Fsp3) is 0.304. The molecule has 12 nitrogen and oxygen atoms in total.